The molecule has 1 saturated heterocycles. The van der Waals surface area contributed by atoms with E-state index in [1.807, 2.05) is 0 Å². The predicted molar refractivity (Wildman–Crippen MR) is 73.9 cm³/mol. The summed E-state index contributed by atoms with van der Waals surface area (Å²) in [5, 5.41) is 0. The molecule has 3 unspecified atom stereocenters. The minimum Gasteiger partial charge on any atom is -0.330 e. The van der Waals surface area contributed by atoms with Gasteiger partial charge in [0.25, 0.3) is 0 Å². The molecule has 3 atom stereocenters. The number of rotatable bonds is 5. The van der Waals surface area contributed by atoms with Gasteiger partial charge in [0.1, 0.15) is 0 Å². The summed E-state index contributed by atoms with van der Waals surface area (Å²) in [6, 6.07) is 0.907. The van der Waals surface area contributed by atoms with Crippen LogP contribution in [-0.2, 0) is 0 Å². The van der Waals surface area contributed by atoms with Crippen molar-refractivity contribution in [3.05, 3.63) is 0 Å². The van der Waals surface area contributed by atoms with Crippen molar-refractivity contribution in [3.63, 3.8) is 0 Å². The van der Waals surface area contributed by atoms with Crippen LogP contribution in [0.5, 0.6) is 0 Å². The van der Waals surface area contributed by atoms with E-state index in [-0.39, 0.29) is 0 Å². The number of hydrogen-bond donors (Lipinski definition) is 1. The molecule has 0 aromatic rings. The molecule has 0 amide bonds. The van der Waals surface area contributed by atoms with Crippen molar-refractivity contribution in [2.45, 2.75) is 58.4 Å². The fraction of sp³-hybridized carbons (Fsp3) is 1.00. The first-order valence-electron chi connectivity index (χ1n) is 7.64. The van der Waals surface area contributed by atoms with E-state index in [9.17, 15) is 0 Å². The van der Waals surface area contributed by atoms with Crippen LogP contribution in [-0.4, -0.2) is 30.6 Å². The van der Waals surface area contributed by atoms with Crippen LogP contribution in [0.2, 0.25) is 0 Å². The molecule has 17 heavy (non-hydrogen) atoms. The Hall–Kier alpha value is -0.0800. The first kappa shape index (κ1) is 13.4. The van der Waals surface area contributed by atoms with Gasteiger partial charge in [-0.3, -0.25) is 4.90 Å². The lowest BCUT2D eigenvalue weighted by Gasteiger charge is -2.34. The topological polar surface area (TPSA) is 29.3 Å². The molecule has 2 aliphatic rings. The average Bonchev–Trinajstić information content (AvgIpc) is 2.71. The molecular formula is C15H30N2. The Kier molecular flexibility index (Phi) is 4.87. The normalized spacial score (nSPS) is 31.8. The third kappa shape index (κ3) is 3.45. The Morgan fingerprint density at radius 3 is 2.65 bits per heavy atom. The van der Waals surface area contributed by atoms with E-state index in [2.05, 4.69) is 18.7 Å². The Bertz CT molecular complexity index is 227. The standard InChI is InChI=1S/C15H30N2/c1-12(2)9-13(10-16)11-17-8-7-14-5-3-4-6-15(14)17/h12-15H,3-11,16H2,1-2H3. The summed E-state index contributed by atoms with van der Waals surface area (Å²) in [4.78, 5) is 2.77. The van der Waals surface area contributed by atoms with E-state index in [1.54, 1.807) is 0 Å². The fourth-order valence-electron chi connectivity index (χ4n) is 3.97. The van der Waals surface area contributed by atoms with Crippen LogP contribution < -0.4 is 5.73 Å². The van der Waals surface area contributed by atoms with Crippen molar-refractivity contribution < 1.29 is 0 Å². The van der Waals surface area contributed by atoms with Gasteiger partial charge in [0.2, 0.25) is 0 Å². The van der Waals surface area contributed by atoms with Crippen LogP contribution in [0, 0.1) is 17.8 Å². The summed E-state index contributed by atoms with van der Waals surface area (Å²) in [6.07, 6.45) is 8.60. The minimum absolute atomic E-state index is 0.718. The molecule has 0 aromatic heterocycles. The van der Waals surface area contributed by atoms with Crippen molar-refractivity contribution in [1.82, 2.24) is 4.90 Å². The van der Waals surface area contributed by atoms with Gasteiger partial charge in [-0.05, 0) is 56.5 Å². The number of nitrogens with two attached hydrogens (primary N) is 1. The van der Waals surface area contributed by atoms with Gasteiger partial charge in [-0.1, -0.05) is 26.7 Å². The highest BCUT2D eigenvalue weighted by atomic mass is 15.2. The molecule has 2 heteroatoms. The van der Waals surface area contributed by atoms with Gasteiger partial charge in [-0.2, -0.15) is 0 Å². The first-order chi connectivity index (χ1) is 8.20. The Balaban J connectivity index is 1.85. The summed E-state index contributed by atoms with van der Waals surface area (Å²) < 4.78 is 0. The van der Waals surface area contributed by atoms with Crippen molar-refractivity contribution in [2.75, 3.05) is 19.6 Å². The second kappa shape index (κ2) is 6.19. The van der Waals surface area contributed by atoms with Gasteiger partial charge in [0.05, 0.1) is 0 Å². The van der Waals surface area contributed by atoms with E-state index >= 15 is 0 Å². The van der Waals surface area contributed by atoms with Crippen molar-refractivity contribution in [3.8, 4) is 0 Å². The molecule has 1 heterocycles. The highest BCUT2D eigenvalue weighted by molar-refractivity contribution is 4.90. The maximum Gasteiger partial charge on any atom is 0.0124 e. The molecule has 2 nitrogen and oxygen atoms in total. The molecule has 1 aliphatic carbocycles. The van der Waals surface area contributed by atoms with Gasteiger partial charge < -0.3 is 5.73 Å². The van der Waals surface area contributed by atoms with Crippen molar-refractivity contribution in [2.24, 2.45) is 23.5 Å². The van der Waals surface area contributed by atoms with Gasteiger partial charge in [0, 0.05) is 12.6 Å². The third-order valence-electron chi connectivity index (χ3n) is 4.76. The maximum atomic E-state index is 5.94. The van der Waals surface area contributed by atoms with E-state index in [0.717, 1.165) is 30.3 Å². The lowest BCUT2D eigenvalue weighted by atomic mass is 9.85. The van der Waals surface area contributed by atoms with Crippen LogP contribution in [0.15, 0.2) is 0 Å². The first-order valence-corrected chi connectivity index (χ1v) is 7.64. The molecule has 1 aliphatic heterocycles. The molecule has 2 N–H and O–H groups in total. The number of likely N-dealkylation sites (tertiary alicyclic amines) is 1. The monoisotopic (exact) mass is 238 g/mol. The summed E-state index contributed by atoms with van der Waals surface area (Å²) in [5.41, 5.74) is 5.94. The maximum absolute atomic E-state index is 5.94. The molecule has 2 fully saturated rings. The Labute approximate surface area is 107 Å². The fourth-order valence-corrected chi connectivity index (χ4v) is 3.97. The predicted octanol–water partition coefficient (Wildman–Crippen LogP) is 2.87. The minimum atomic E-state index is 0.718. The van der Waals surface area contributed by atoms with E-state index < -0.39 is 0 Å². The number of nitrogens with zero attached hydrogens (tertiary/aromatic N) is 1. The zero-order valence-corrected chi connectivity index (χ0v) is 11.7. The molecule has 1 saturated carbocycles. The van der Waals surface area contributed by atoms with Gasteiger partial charge in [-0.25, -0.2) is 0 Å². The van der Waals surface area contributed by atoms with E-state index in [1.165, 1.54) is 51.6 Å². The van der Waals surface area contributed by atoms with E-state index in [0.29, 0.717) is 0 Å². The average molecular weight is 238 g/mol. The summed E-state index contributed by atoms with van der Waals surface area (Å²) in [6.45, 7) is 8.10. The van der Waals surface area contributed by atoms with Gasteiger partial charge in [0.15, 0.2) is 0 Å². The van der Waals surface area contributed by atoms with Crippen LogP contribution in [0.4, 0.5) is 0 Å². The highest BCUT2D eigenvalue weighted by Crippen LogP contribution is 2.36. The highest BCUT2D eigenvalue weighted by Gasteiger charge is 2.36. The zero-order chi connectivity index (χ0) is 12.3. The number of fused-ring (bicyclic) bond motifs is 1. The third-order valence-corrected chi connectivity index (χ3v) is 4.76. The second-order valence-electron chi connectivity index (χ2n) is 6.63. The van der Waals surface area contributed by atoms with Crippen molar-refractivity contribution in [1.29, 1.82) is 0 Å². The molecule has 0 spiro atoms. The van der Waals surface area contributed by atoms with Gasteiger partial charge >= 0.3 is 0 Å². The second-order valence-corrected chi connectivity index (χ2v) is 6.63. The summed E-state index contributed by atoms with van der Waals surface area (Å²) >= 11 is 0. The largest absolute Gasteiger partial charge is 0.330 e. The van der Waals surface area contributed by atoms with Gasteiger partial charge in [-0.15, -0.1) is 0 Å². The van der Waals surface area contributed by atoms with Crippen LogP contribution in [0.3, 0.4) is 0 Å². The summed E-state index contributed by atoms with van der Waals surface area (Å²) in [5.74, 6) is 2.52. The van der Waals surface area contributed by atoms with Crippen LogP contribution in [0.25, 0.3) is 0 Å². The quantitative estimate of drug-likeness (QED) is 0.798. The van der Waals surface area contributed by atoms with Crippen molar-refractivity contribution >= 4 is 0 Å². The molecular weight excluding hydrogens is 208 g/mol. The van der Waals surface area contributed by atoms with E-state index in [4.69, 9.17) is 5.73 Å². The van der Waals surface area contributed by atoms with Crippen LogP contribution >= 0.6 is 0 Å². The lowest BCUT2D eigenvalue weighted by molar-refractivity contribution is 0.154. The molecule has 2 rings (SSSR count). The van der Waals surface area contributed by atoms with Crippen LogP contribution in [0.1, 0.15) is 52.4 Å². The molecule has 100 valence electrons. The SMILES string of the molecule is CC(C)CC(CN)CN1CCC2CCCCC21. The zero-order valence-electron chi connectivity index (χ0n) is 11.7. The molecule has 0 aromatic carbocycles. The number of hydrogen-bond acceptors (Lipinski definition) is 2. The summed E-state index contributed by atoms with van der Waals surface area (Å²) in [7, 11) is 0. The Morgan fingerprint density at radius 1 is 1.18 bits per heavy atom. The smallest absolute Gasteiger partial charge is 0.0124 e. The molecule has 0 bridgehead atoms. The molecule has 0 radical (unpaired) electrons. The lowest BCUT2D eigenvalue weighted by Crippen LogP contribution is -2.39. The Morgan fingerprint density at radius 2 is 1.94 bits per heavy atom.